The number of hydrazine groups is 1. The number of methoxy groups -OCH3 is 1. The Morgan fingerprint density at radius 2 is 1.84 bits per heavy atom. The lowest BCUT2D eigenvalue weighted by atomic mass is 10.1. The highest BCUT2D eigenvalue weighted by molar-refractivity contribution is 7.99. The van der Waals surface area contributed by atoms with E-state index in [1.54, 1.807) is 23.0 Å². The minimum Gasteiger partial charge on any atom is -0.455 e. The van der Waals surface area contributed by atoms with Gasteiger partial charge in [0, 0.05) is 49.1 Å². The van der Waals surface area contributed by atoms with Gasteiger partial charge in [-0.25, -0.2) is 5.43 Å². The van der Waals surface area contributed by atoms with Crippen molar-refractivity contribution in [1.29, 1.82) is 0 Å². The highest BCUT2D eigenvalue weighted by Crippen LogP contribution is 2.47. The lowest BCUT2D eigenvalue weighted by molar-refractivity contribution is -0.311. The molecule has 0 saturated carbocycles. The van der Waals surface area contributed by atoms with Crippen LogP contribution < -0.4 is 15.9 Å². The van der Waals surface area contributed by atoms with Crippen molar-refractivity contribution in [2.24, 2.45) is 5.73 Å². The number of aldehydes is 1. The normalized spacial score (nSPS) is 11.5. The van der Waals surface area contributed by atoms with Gasteiger partial charge in [0.05, 0.1) is 22.8 Å². The number of aromatic nitrogens is 2. The summed E-state index contributed by atoms with van der Waals surface area (Å²) in [5.41, 5.74) is 10.3. The third-order valence-corrected chi connectivity index (χ3v) is 7.19. The highest BCUT2D eigenvalue weighted by Gasteiger charge is 2.26. The van der Waals surface area contributed by atoms with Crippen LogP contribution in [0.5, 0.6) is 11.5 Å². The van der Waals surface area contributed by atoms with Crippen LogP contribution in [0.3, 0.4) is 0 Å². The van der Waals surface area contributed by atoms with Crippen molar-refractivity contribution in [1.82, 2.24) is 20.4 Å². The Kier molecular flexibility index (Phi) is 13.2. The Morgan fingerprint density at radius 3 is 2.55 bits per heavy atom. The molecule has 4 aromatic rings. The number of alkyl halides is 3. The average molecular weight is 632 g/mol. The topological polar surface area (TPSA) is 140 Å². The van der Waals surface area contributed by atoms with Gasteiger partial charge >= 0.3 is 6.36 Å². The van der Waals surface area contributed by atoms with Gasteiger partial charge in [0.15, 0.2) is 0 Å². The van der Waals surface area contributed by atoms with Crippen molar-refractivity contribution < 1.29 is 37.0 Å². The summed E-state index contributed by atoms with van der Waals surface area (Å²) in [7, 11) is 0.583. The molecule has 0 bridgehead atoms. The molecule has 0 aliphatic carbocycles. The van der Waals surface area contributed by atoms with Crippen LogP contribution in [0.1, 0.15) is 30.5 Å². The number of hydrogen-bond donors (Lipinski definition) is 3. The predicted octanol–water partition coefficient (Wildman–Crippen LogP) is 5.52. The number of benzene rings is 2. The number of nitrogens with two attached hydrogens (primary N) is 1. The van der Waals surface area contributed by atoms with E-state index in [1.807, 2.05) is 60.8 Å². The first kappa shape index (κ1) is 34.1. The first-order chi connectivity index (χ1) is 21.2. The number of aromatic amines is 1. The number of carbonyl (C=O) groups is 3. The molecule has 1 aliphatic heterocycles. The second-order valence-corrected chi connectivity index (χ2v) is 10.3. The Labute approximate surface area is 256 Å². The van der Waals surface area contributed by atoms with Gasteiger partial charge in [-0.3, -0.25) is 24.3 Å². The molecule has 2 amide bonds. The van der Waals surface area contributed by atoms with E-state index in [0.717, 1.165) is 62.6 Å². The monoisotopic (exact) mass is 631 g/mol. The molecule has 4 N–H and O–H groups in total. The Morgan fingerprint density at radius 1 is 1.11 bits per heavy atom. The molecular formula is C30H32F3N5O5S. The summed E-state index contributed by atoms with van der Waals surface area (Å²) in [6.07, 6.45) is 2.51. The second kappa shape index (κ2) is 17.0. The molecule has 44 heavy (non-hydrogen) atoms. The molecule has 0 fully saturated rings. The fourth-order valence-corrected chi connectivity index (χ4v) is 4.98. The number of carbonyl (C=O) groups excluding carboxylic acids is 3. The van der Waals surface area contributed by atoms with Crippen LogP contribution in [-0.4, -0.2) is 53.6 Å². The number of primary amides is 1. The number of fused-ring (bicyclic) bond motifs is 3. The molecule has 234 valence electrons. The van der Waals surface area contributed by atoms with Crippen LogP contribution in [0.2, 0.25) is 0 Å². The van der Waals surface area contributed by atoms with E-state index in [2.05, 4.69) is 25.9 Å². The van der Waals surface area contributed by atoms with Gasteiger partial charge in [-0.05, 0) is 54.8 Å². The van der Waals surface area contributed by atoms with E-state index in [1.165, 1.54) is 0 Å². The number of ether oxygens (including phenoxy) is 2. The van der Waals surface area contributed by atoms with Crippen molar-refractivity contribution in [3.05, 3.63) is 78.2 Å². The fraction of sp³-hybridized carbons (Fsp3) is 0.267. The third kappa shape index (κ3) is 10.7. The van der Waals surface area contributed by atoms with Crippen molar-refractivity contribution in [3.63, 3.8) is 0 Å². The summed E-state index contributed by atoms with van der Waals surface area (Å²) >= 11 is 1.67. The minimum absolute atomic E-state index is 0.0299. The molecular weight excluding hydrogens is 599 g/mol. The van der Waals surface area contributed by atoms with E-state index in [0.29, 0.717) is 26.6 Å². The van der Waals surface area contributed by atoms with Gasteiger partial charge in [0.1, 0.15) is 17.8 Å². The number of unbranched alkanes of at least 4 members (excludes halogenated alkanes) is 2. The number of nitrogens with zero attached hydrogens (tertiary/aromatic N) is 2. The van der Waals surface area contributed by atoms with E-state index >= 15 is 0 Å². The molecule has 2 aromatic heterocycles. The number of amides is 2. The van der Waals surface area contributed by atoms with Crippen LogP contribution in [0, 0.1) is 0 Å². The molecule has 0 spiro atoms. The van der Waals surface area contributed by atoms with Gasteiger partial charge in [-0.15, -0.1) is 13.2 Å². The summed E-state index contributed by atoms with van der Waals surface area (Å²) in [6, 6.07) is 17.8. The van der Waals surface area contributed by atoms with Crippen molar-refractivity contribution in [2.45, 2.75) is 48.4 Å². The molecule has 14 heteroatoms. The van der Waals surface area contributed by atoms with Gasteiger partial charge in [0.2, 0.25) is 12.3 Å². The van der Waals surface area contributed by atoms with Crippen LogP contribution in [0.25, 0.3) is 10.9 Å². The van der Waals surface area contributed by atoms with Crippen LogP contribution in [-0.2, 0) is 32.1 Å². The zero-order valence-corrected chi connectivity index (χ0v) is 24.6. The van der Waals surface area contributed by atoms with Crippen molar-refractivity contribution >= 4 is 41.3 Å². The molecule has 1 aliphatic rings. The number of pyridine rings is 1. The summed E-state index contributed by atoms with van der Waals surface area (Å²) in [4.78, 5) is 42.2. The Balaban J connectivity index is 0.000000519. The molecule has 0 saturated heterocycles. The minimum atomic E-state index is -4.46. The number of para-hydroxylation sites is 1. The summed E-state index contributed by atoms with van der Waals surface area (Å²) < 4.78 is 40.7. The fourth-order valence-electron chi connectivity index (χ4n) is 4.05. The number of rotatable bonds is 10. The highest BCUT2D eigenvalue weighted by atomic mass is 32.2. The predicted molar refractivity (Wildman–Crippen MR) is 159 cm³/mol. The largest absolute Gasteiger partial charge is 0.522 e. The van der Waals surface area contributed by atoms with E-state index in [4.69, 9.17) is 9.53 Å². The Hall–Kier alpha value is -4.40. The summed E-state index contributed by atoms with van der Waals surface area (Å²) in [6.45, 7) is 1.01. The van der Waals surface area contributed by atoms with Crippen molar-refractivity contribution in [3.8, 4) is 11.5 Å². The molecule has 2 aromatic carbocycles. The average Bonchev–Trinajstić information content (AvgIpc) is 3.43. The van der Waals surface area contributed by atoms with E-state index in [-0.39, 0.29) is 18.7 Å². The SMILES string of the molecule is COC(F)(F)F.NC=O.O=CCCCCN(NCc1cc2cnccc2[nH]1)C(=O)Cc1ccc2c(c1)Oc1ccccc1S2. The van der Waals surface area contributed by atoms with E-state index in [9.17, 15) is 22.8 Å². The second-order valence-electron chi connectivity index (χ2n) is 9.19. The molecule has 0 atom stereocenters. The number of hydrogen-bond acceptors (Lipinski definition) is 8. The number of nitrogens with one attached hydrogen (secondary N) is 2. The molecule has 0 radical (unpaired) electrons. The quantitative estimate of drug-likeness (QED) is 0.104. The smallest absolute Gasteiger partial charge is 0.455 e. The molecule has 3 heterocycles. The van der Waals surface area contributed by atoms with Crippen molar-refractivity contribution in [2.75, 3.05) is 13.7 Å². The maximum absolute atomic E-state index is 13.3. The van der Waals surface area contributed by atoms with Crippen LogP contribution >= 0.6 is 11.8 Å². The maximum atomic E-state index is 13.3. The summed E-state index contributed by atoms with van der Waals surface area (Å²) in [5, 5.41) is 2.69. The standard InChI is InChI=1S/C27H26N4O3S.C2H3F3O.CH3NO/c32-13-5-1-4-12-31(29-18-21-16-20-17-28-11-10-22(20)30-21)27(33)15-19-8-9-26-24(14-19)34-23-6-2-3-7-25(23)35-26;1-6-2(3,4)5;2-1-3/h2-3,6-11,13-14,16-17,29-30H,1,4-5,12,15,18H2;1H3;1H,(H2,2,3). The maximum Gasteiger partial charge on any atom is 0.522 e. The van der Waals surface area contributed by atoms with E-state index < -0.39 is 6.36 Å². The van der Waals surface area contributed by atoms with Gasteiger partial charge in [-0.1, -0.05) is 30.0 Å². The van der Waals surface area contributed by atoms with Crippen LogP contribution in [0.15, 0.2) is 76.8 Å². The lowest BCUT2D eigenvalue weighted by Gasteiger charge is -2.24. The van der Waals surface area contributed by atoms with Crippen LogP contribution in [0.4, 0.5) is 13.2 Å². The zero-order chi connectivity index (χ0) is 32.0. The van der Waals surface area contributed by atoms with Gasteiger partial charge in [-0.2, -0.15) is 0 Å². The molecule has 5 rings (SSSR count). The molecule has 0 unspecified atom stereocenters. The number of H-pyrrole nitrogens is 1. The Bertz CT molecular complexity index is 1500. The van der Waals surface area contributed by atoms with Gasteiger partial charge in [0.25, 0.3) is 0 Å². The lowest BCUT2D eigenvalue weighted by Crippen LogP contribution is -2.44. The first-order valence-electron chi connectivity index (χ1n) is 13.4. The number of halogens is 3. The summed E-state index contributed by atoms with van der Waals surface area (Å²) in [5.74, 6) is 1.58. The first-order valence-corrected chi connectivity index (χ1v) is 14.2. The molecule has 10 nitrogen and oxygen atoms in total. The third-order valence-electron chi connectivity index (χ3n) is 6.08. The van der Waals surface area contributed by atoms with Gasteiger partial charge < -0.3 is 20.2 Å². The zero-order valence-electron chi connectivity index (χ0n) is 23.8.